The molecule has 3 aliphatic rings. The average Bonchev–Trinajstić information content (AvgIpc) is 2.90. The highest BCUT2D eigenvalue weighted by Gasteiger charge is 2.43. The van der Waals surface area contributed by atoms with E-state index in [4.69, 9.17) is 4.74 Å². The molecule has 0 aromatic rings. The third-order valence-electron chi connectivity index (χ3n) is 10.2. The lowest BCUT2D eigenvalue weighted by Crippen LogP contribution is -2.49. The SMILES string of the molecule is COCCN1CCC(CCCC(C)(C2CCN(CCS(C)(=O)=O)CC2)C2CCCN(CCS(C)(=O)=O)C2)CC1. The summed E-state index contributed by atoms with van der Waals surface area (Å²) in [6.07, 6.45) is 13.8. The molecule has 0 spiro atoms. The van der Waals surface area contributed by atoms with E-state index in [1.165, 1.54) is 64.1 Å². The van der Waals surface area contributed by atoms with Gasteiger partial charge in [0.15, 0.2) is 0 Å². The number of ether oxygens (including phenoxy) is 1. The largest absolute Gasteiger partial charge is 0.383 e. The molecule has 0 aliphatic carbocycles. The fourth-order valence-electron chi connectivity index (χ4n) is 7.44. The second-order valence-electron chi connectivity index (χ2n) is 13.2. The van der Waals surface area contributed by atoms with Gasteiger partial charge in [-0.05, 0) is 101 Å². The first-order valence-corrected chi connectivity index (χ1v) is 19.5. The summed E-state index contributed by atoms with van der Waals surface area (Å²) >= 11 is 0. The van der Waals surface area contributed by atoms with E-state index >= 15 is 0 Å². The third kappa shape index (κ3) is 11.5. The third-order valence-corrected chi connectivity index (χ3v) is 12.0. The molecule has 3 heterocycles. The van der Waals surface area contributed by atoms with Crippen LogP contribution in [-0.2, 0) is 24.4 Å². The van der Waals surface area contributed by atoms with Crippen molar-refractivity contribution in [2.75, 3.05) is 96.6 Å². The van der Waals surface area contributed by atoms with E-state index in [0.29, 0.717) is 24.9 Å². The molecular formula is C29H57N3O5S2. The zero-order valence-electron chi connectivity index (χ0n) is 25.3. The quantitative estimate of drug-likeness (QED) is 0.287. The number of rotatable bonds is 15. The predicted octanol–water partition coefficient (Wildman–Crippen LogP) is 3.03. The number of likely N-dealkylation sites (tertiary alicyclic amines) is 3. The van der Waals surface area contributed by atoms with E-state index in [0.717, 1.165) is 64.5 Å². The van der Waals surface area contributed by atoms with Gasteiger partial charge in [0.1, 0.15) is 19.7 Å². The fourth-order valence-corrected chi connectivity index (χ4v) is 8.61. The van der Waals surface area contributed by atoms with Gasteiger partial charge in [-0.15, -0.1) is 0 Å². The molecule has 8 nitrogen and oxygen atoms in total. The molecule has 10 heteroatoms. The Bertz CT molecular complexity index is 929. The number of hydrogen-bond acceptors (Lipinski definition) is 8. The van der Waals surface area contributed by atoms with Gasteiger partial charge in [0.25, 0.3) is 0 Å². The van der Waals surface area contributed by atoms with Crippen LogP contribution in [-0.4, -0.2) is 128 Å². The molecule has 0 aromatic carbocycles. The molecular weight excluding hydrogens is 534 g/mol. The van der Waals surface area contributed by atoms with Crippen molar-refractivity contribution in [3.05, 3.63) is 0 Å². The van der Waals surface area contributed by atoms with Gasteiger partial charge in [0.2, 0.25) is 0 Å². The second kappa shape index (κ2) is 15.3. The molecule has 230 valence electrons. The summed E-state index contributed by atoms with van der Waals surface area (Å²) in [5.74, 6) is 2.55. The minimum atomic E-state index is -2.96. The van der Waals surface area contributed by atoms with Crippen LogP contribution in [0.5, 0.6) is 0 Å². The van der Waals surface area contributed by atoms with Crippen LogP contribution < -0.4 is 0 Å². The van der Waals surface area contributed by atoms with Gasteiger partial charge in [-0.1, -0.05) is 19.8 Å². The van der Waals surface area contributed by atoms with Crippen molar-refractivity contribution >= 4 is 19.7 Å². The maximum atomic E-state index is 11.8. The molecule has 0 N–H and O–H groups in total. The fraction of sp³-hybridized carbons (Fsp3) is 1.00. The highest BCUT2D eigenvalue weighted by atomic mass is 32.2. The lowest BCUT2D eigenvalue weighted by atomic mass is 9.60. The van der Waals surface area contributed by atoms with Gasteiger partial charge >= 0.3 is 0 Å². The molecule has 2 unspecified atom stereocenters. The Kier molecular flexibility index (Phi) is 13.0. The molecule has 3 fully saturated rings. The minimum absolute atomic E-state index is 0.242. The van der Waals surface area contributed by atoms with Crippen LogP contribution in [0.1, 0.15) is 64.7 Å². The molecule has 0 bridgehead atoms. The summed E-state index contributed by atoms with van der Waals surface area (Å²) in [7, 11) is -4.11. The monoisotopic (exact) mass is 591 g/mol. The van der Waals surface area contributed by atoms with Crippen molar-refractivity contribution in [2.45, 2.75) is 64.7 Å². The van der Waals surface area contributed by atoms with Gasteiger partial charge in [-0.3, -0.25) is 0 Å². The van der Waals surface area contributed by atoms with E-state index in [2.05, 4.69) is 21.6 Å². The van der Waals surface area contributed by atoms with Crippen molar-refractivity contribution < 1.29 is 21.6 Å². The van der Waals surface area contributed by atoms with Gasteiger partial charge in [-0.2, -0.15) is 0 Å². The van der Waals surface area contributed by atoms with Crippen LogP contribution in [0, 0.1) is 23.2 Å². The standard InChI is InChI=1S/C29H57N3O5S2/c1-29(27-11-17-31(18-12-27)20-23-38(3,33)34,28-8-6-14-32(25-28)21-24-39(4,35)36)13-5-7-26-9-15-30(16-10-26)19-22-37-2/h26-28H,5-25H2,1-4H3. The maximum Gasteiger partial charge on any atom is 0.148 e. The highest BCUT2D eigenvalue weighted by Crippen LogP contribution is 2.48. The van der Waals surface area contributed by atoms with Gasteiger partial charge in [-0.25, -0.2) is 16.8 Å². The molecule has 0 saturated carbocycles. The van der Waals surface area contributed by atoms with Crippen molar-refractivity contribution in [3.8, 4) is 0 Å². The van der Waals surface area contributed by atoms with E-state index in [9.17, 15) is 16.8 Å². The average molecular weight is 592 g/mol. The van der Waals surface area contributed by atoms with E-state index in [1.807, 2.05) is 0 Å². The van der Waals surface area contributed by atoms with Crippen molar-refractivity contribution in [2.24, 2.45) is 23.2 Å². The zero-order valence-corrected chi connectivity index (χ0v) is 26.9. The number of nitrogens with zero attached hydrogens (tertiary/aromatic N) is 3. The molecule has 2 atom stereocenters. The molecule has 3 aliphatic heterocycles. The van der Waals surface area contributed by atoms with Gasteiger partial charge in [0, 0.05) is 45.8 Å². The minimum Gasteiger partial charge on any atom is -0.383 e. The van der Waals surface area contributed by atoms with Crippen LogP contribution >= 0.6 is 0 Å². The number of hydrogen-bond donors (Lipinski definition) is 0. The smallest absolute Gasteiger partial charge is 0.148 e. The highest BCUT2D eigenvalue weighted by molar-refractivity contribution is 7.90. The first-order chi connectivity index (χ1) is 18.4. The van der Waals surface area contributed by atoms with E-state index in [-0.39, 0.29) is 16.9 Å². The number of methoxy groups -OCH3 is 1. The molecule has 0 radical (unpaired) electrons. The van der Waals surface area contributed by atoms with Gasteiger partial charge in [0.05, 0.1) is 18.1 Å². The molecule has 3 saturated heterocycles. The van der Waals surface area contributed by atoms with E-state index < -0.39 is 19.7 Å². The lowest BCUT2D eigenvalue weighted by Gasteiger charge is -2.50. The molecule has 39 heavy (non-hydrogen) atoms. The number of piperidine rings is 3. The van der Waals surface area contributed by atoms with Crippen LogP contribution in [0.3, 0.4) is 0 Å². The van der Waals surface area contributed by atoms with Crippen LogP contribution in [0.15, 0.2) is 0 Å². The summed E-state index contributed by atoms with van der Waals surface area (Å²) in [6.45, 7) is 12.1. The molecule has 3 rings (SSSR count). The van der Waals surface area contributed by atoms with E-state index in [1.54, 1.807) is 7.11 Å². The predicted molar refractivity (Wildman–Crippen MR) is 161 cm³/mol. The summed E-state index contributed by atoms with van der Waals surface area (Å²) in [5, 5.41) is 0. The molecule has 0 amide bonds. The Hall–Kier alpha value is -0.260. The van der Waals surface area contributed by atoms with Crippen LogP contribution in [0.25, 0.3) is 0 Å². The normalized spacial score (nSPS) is 25.6. The zero-order chi connectivity index (χ0) is 28.5. The summed E-state index contributed by atoms with van der Waals surface area (Å²) in [4.78, 5) is 7.29. The van der Waals surface area contributed by atoms with Crippen molar-refractivity contribution in [1.29, 1.82) is 0 Å². The van der Waals surface area contributed by atoms with Crippen LogP contribution in [0.4, 0.5) is 0 Å². The maximum absolute atomic E-state index is 11.8. The summed E-state index contributed by atoms with van der Waals surface area (Å²) < 4.78 is 52.3. The Morgan fingerprint density at radius 3 is 1.90 bits per heavy atom. The topological polar surface area (TPSA) is 87.2 Å². The Balaban J connectivity index is 1.59. The Morgan fingerprint density at radius 1 is 0.744 bits per heavy atom. The van der Waals surface area contributed by atoms with Crippen LogP contribution in [0.2, 0.25) is 0 Å². The summed E-state index contributed by atoms with van der Waals surface area (Å²) in [5.41, 5.74) is 0.242. The molecule has 0 aromatic heterocycles. The Labute approximate surface area is 240 Å². The second-order valence-corrected chi connectivity index (χ2v) is 17.7. The Morgan fingerprint density at radius 2 is 1.31 bits per heavy atom. The number of sulfone groups is 2. The first-order valence-electron chi connectivity index (χ1n) is 15.4. The van der Waals surface area contributed by atoms with Crippen molar-refractivity contribution in [1.82, 2.24) is 14.7 Å². The van der Waals surface area contributed by atoms with Crippen molar-refractivity contribution in [3.63, 3.8) is 0 Å². The first kappa shape index (κ1) is 33.2. The van der Waals surface area contributed by atoms with Gasteiger partial charge < -0.3 is 19.4 Å². The summed E-state index contributed by atoms with van der Waals surface area (Å²) in [6, 6.07) is 0. The lowest BCUT2D eigenvalue weighted by molar-refractivity contribution is -0.00751.